The lowest BCUT2D eigenvalue weighted by molar-refractivity contribution is 0.0949. The number of nitrogens with zero attached hydrogens (tertiary/aromatic N) is 2. The van der Waals surface area contributed by atoms with E-state index >= 15 is 0 Å². The molecule has 92 valence electrons. The minimum Gasteiger partial charge on any atom is -0.461 e. The van der Waals surface area contributed by atoms with Crippen LogP contribution < -0.4 is 0 Å². The van der Waals surface area contributed by atoms with Crippen molar-refractivity contribution in [2.24, 2.45) is 0 Å². The van der Waals surface area contributed by atoms with Crippen LogP contribution in [0.15, 0.2) is 47.1 Å². The Balaban J connectivity index is 2.03. The number of aromatic amines is 1. The minimum absolute atomic E-state index is 0.159. The van der Waals surface area contributed by atoms with E-state index in [4.69, 9.17) is 4.42 Å². The van der Waals surface area contributed by atoms with Crippen LogP contribution in [0.1, 0.15) is 22.3 Å². The molecule has 1 aromatic carbocycles. The number of benzene rings is 1. The fourth-order valence-corrected chi connectivity index (χ4v) is 1.91. The van der Waals surface area contributed by atoms with Crippen molar-refractivity contribution in [1.29, 1.82) is 5.26 Å². The molecule has 0 bridgehead atoms. The summed E-state index contributed by atoms with van der Waals surface area (Å²) in [6.07, 6.45) is 1.40. The van der Waals surface area contributed by atoms with Gasteiger partial charge in [-0.05, 0) is 24.3 Å². The zero-order valence-corrected chi connectivity index (χ0v) is 9.83. The molecule has 0 aliphatic heterocycles. The van der Waals surface area contributed by atoms with Crippen LogP contribution in [-0.4, -0.2) is 15.8 Å². The van der Waals surface area contributed by atoms with Crippen LogP contribution in [0, 0.1) is 11.3 Å². The second-order valence-electron chi connectivity index (χ2n) is 4.04. The smallest absolute Gasteiger partial charge is 0.222 e. The Morgan fingerprint density at radius 3 is 2.84 bits per heavy atom. The Labute approximate surface area is 108 Å². The monoisotopic (exact) mass is 251 g/mol. The number of aromatic nitrogens is 2. The average Bonchev–Trinajstić information content (AvgIpc) is 3.08. The first-order valence-electron chi connectivity index (χ1n) is 5.71. The highest BCUT2D eigenvalue weighted by molar-refractivity contribution is 6.00. The molecule has 0 unspecified atom stereocenters. The molecule has 0 saturated heterocycles. The maximum Gasteiger partial charge on any atom is 0.222 e. The number of imidazole rings is 1. The van der Waals surface area contributed by atoms with E-state index in [2.05, 4.69) is 9.97 Å². The van der Waals surface area contributed by atoms with Crippen LogP contribution in [0.3, 0.4) is 0 Å². The van der Waals surface area contributed by atoms with Crippen molar-refractivity contribution in [2.75, 3.05) is 0 Å². The van der Waals surface area contributed by atoms with Gasteiger partial charge in [-0.2, -0.15) is 5.26 Å². The highest BCUT2D eigenvalue weighted by Crippen LogP contribution is 2.21. The summed E-state index contributed by atoms with van der Waals surface area (Å²) in [7, 11) is 0. The Kier molecular flexibility index (Phi) is 2.62. The number of furan rings is 1. The summed E-state index contributed by atoms with van der Waals surface area (Å²) in [5, 5.41) is 9.20. The van der Waals surface area contributed by atoms with Gasteiger partial charge in [0.2, 0.25) is 5.78 Å². The summed E-state index contributed by atoms with van der Waals surface area (Å²) in [6, 6.07) is 12.5. The van der Waals surface area contributed by atoms with Crippen molar-refractivity contribution in [3.8, 4) is 6.07 Å². The second kappa shape index (κ2) is 4.42. The van der Waals surface area contributed by atoms with Crippen molar-refractivity contribution in [3.05, 3.63) is 54.2 Å². The fourth-order valence-electron chi connectivity index (χ4n) is 1.91. The number of H-pyrrole nitrogens is 1. The molecule has 0 radical (unpaired) electrons. The molecular formula is C14H9N3O2. The summed E-state index contributed by atoms with van der Waals surface area (Å²) in [6.45, 7) is 0. The van der Waals surface area contributed by atoms with Crippen LogP contribution >= 0.6 is 0 Å². The molecule has 0 fully saturated rings. The zero-order valence-electron chi connectivity index (χ0n) is 9.83. The zero-order chi connectivity index (χ0) is 13.2. The lowest BCUT2D eigenvalue weighted by Crippen LogP contribution is -2.11. The van der Waals surface area contributed by atoms with Gasteiger partial charge in [0, 0.05) is 0 Å². The highest BCUT2D eigenvalue weighted by Gasteiger charge is 2.26. The van der Waals surface area contributed by atoms with Crippen molar-refractivity contribution >= 4 is 16.8 Å². The molecule has 2 aromatic heterocycles. The van der Waals surface area contributed by atoms with Crippen LogP contribution in [0.5, 0.6) is 0 Å². The van der Waals surface area contributed by atoms with Crippen molar-refractivity contribution in [2.45, 2.75) is 5.92 Å². The van der Waals surface area contributed by atoms with Crippen LogP contribution in [0.25, 0.3) is 11.0 Å². The third kappa shape index (κ3) is 1.89. The summed E-state index contributed by atoms with van der Waals surface area (Å²) in [5.41, 5.74) is 1.52. The van der Waals surface area contributed by atoms with Crippen LogP contribution in [-0.2, 0) is 0 Å². The number of rotatable bonds is 3. The summed E-state index contributed by atoms with van der Waals surface area (Å²) >= 11 is 0. The molecule has 5 heteroatoms. The van der Waals surface area contributed by atoms with E-state index in [1.165, 1.54) is 12.3 Å². The van der Waals surface area contributed by atoms with Crippen molar-refractivity contribution < 1.29 is 9.21 Å². The van der Waals surface area contributed by atoms with E-state index < -0.39 is 11.7 Å². The van der Waals surface area contributed by atoms with Crippen LogP contribution in [0.2, 0.25) is 0 Å². The van der Waals surface area contributed by atoms with Crippen molar-refractivity contribution in [3.63, 3.8) is 0 Å². The average molecular weight is 251 g/mol. The van der Waals surface area contributed by atoms with Gasteiger partial charge >= 0.3 is 0 Å². The van der Waals surface area contributed by atoms with E-state index in [-0.39, 0.29) is 5.76 Å². The number of hydrogen-bond acceptors (Lipinski definition) is 4. The molecule has 3 aromatic rings. The quantitative estimate of drug-likeness (QED) is 0.725. The summed E-state index contributed by atoms with van der Waals surface area (Å²) in [4.78, 5) is 19.4. The molecule has 5 nitrogen and oxygen atoms in total. The first kappa shape index (κ1) is 11.2. The van der Waals surface area contributed by atoms with Gasteiger partial charge in [0.25, 0.3) is 0 Å². The van der Waals surface area contributed by atoms with E-state index in [0.717, 1.165) is 11.0 Å². The van der Waals surface area contributed by atoms with E-state index in [1.54, 1.807) is 6.07 Å². The Morgan fingerprint density at radius 1 is 1.32 bits per heavy atom. The van der Waals surface area contributed by atoms with Gasteiger partial charge in [0.1, 0.15) is 5.82 Å². The van der Waals surface area contributed by atoms with Gasteiger partial charge in [0.05, 0.1) is 23.4 Å². The Hall–Kier alpha value is -2.87. The Morgan fingerprint density at radius 2 is 2.16 bits per heavy atom. The molecule has 19 heavy (non-hydrogen) atoms. The number of Topliss-reactive ketones (excluding diaryl/α,β-unsaturated/α-hetero) is 1. The predicted molar refractivity (Wildman–Crippen MR) is 67.5 cm³/mol. The first-order chi connectivity index (χ1) is 9.29. The number of carbonyl (C=O) groups excluding carboxylic acids is 1. The molecule has 0 spiro atoms. The predicted octanol–water partition coefficient (Wildman–Crippen LogP) is 2.65. The number of fused-ring (bicyclic) bond motifs is 1. The number of carbonyl (C=O) groups is 1. The maximum absolute atomic E-state index is 12.1. The third-order valence-corrected chi connectivity index (χ3v) is 2.84. The fraction of sp³-hybridized carbons (Fsp3) is 0.0714. The number of ketones is 1. The van der Waals surface area contributed by atoms with E-state index in [9.17, 15) is 10.1 Å². The molecule has 0 aliphatic carbocycles. The molecule has 1 N–H and O–H groups in total. The van der Waals surface area contributed by atoms with Gasteiger partial charge in [-0.1, -0.05) is 12.1 Å². The Bertz CT molecular complexity index is 732. The van der Waals surface area contributed by atoms with Crippen molar-refractivity contribution in [1.82, 2.24) is 9.97 Å². The second-order valence-corrected chi connectivity index (χ2v) is 4.04. The largest absolute Gasteiger partial charge is 0.461 e. The molecule has 3 rings (SSSR count). The number of nitrogens with one attached hydrogen (secondary N) is 1. The topological polar surface area (TPSA) is 82.7 Å². The molecule has 0 amide bonds. The third-order valence-electron chi connectivity index (χ3n) is 2.84. The van der Waals surface area contributed by atoms with Gasteiger partial charge in [-0.25, -0.2) is 4.98 Å². The van der Waals surface area contributed by atoms with E-state index in [0.29, 0.717) is 5.82 Å². The molecule has 2 heterocycles. The highest BCUT2D eigenvalue weighted by atomic mass is 16.3. The molecule has 1 atom stereocenters. The van der Waals surface area contributed by atoms with Gasteiger partial charge in [0.15, 0.2) is 11.7 Å². The summed E-state index contributed by atoms with van der Waals surface area (Å²) < 4.78 is 5.03. The van der Waals surface area contributed by atoms with Gasteiger partial charge in [-0.15, -0.1) is 0 Å². The molecule has 0 saturated carbocycles. The number of nitriles is 1. The number of para-hydroxylation sites is 2. The molecule has 0 aliphatic rings. The van der Waals surface area contributed by atoms with Crippen LogP contribution in [0.4, 0.5) is 0 Å². The van der Waals surface area contributed by atoms with Gasteiger partial charge in [-0.3, -0.25) is 4.79 Å². The summed E-state index contributed by atoms with van der Waals surface area (Å²) in [5.74, 6) is -0.887. The lowest BCUT2D eigenvalue weighted by Gasteiger charge is -2.01. The first-order valence-corrected chi connectivity index (χ1v) is 5.71. The van der Waals surface area contributed by atoms with Gasteiger partial charge < -0.3 is 9.40 Å². The minimum atomic E-state index is -0.987. The lowest BCUT2D eigenvalue weighted by atomic mass is 10.0. The normalized spacial score (nSPS) is 12.2. The van der Waals surface area contributed by atoms with E-state index in [1.807, 2.05) is 30.3 Å². The molecular weight excluding hydrogens is 242 g/mol. The SMILES string of the molecule is N#C[C@H](C(=O)c1ccco1)c1nc2ccccc2[nH]1. The number of hydrogen-bond donors (Lipinski definition) is 1. The standard InChI is InChI=1S/C14H9N3O2/c15-8-9(13(18)12-6-3-7-19-12)14-16-10-4-1-2-5-11(10)17-14/h1-7,9H,(H,16,17)/t9-/m1/s1. The maximum atomic E-state index is 12.1.